The second-order valence-corrected chi connectivity index (χ2v) is 3.61. The van der Waals surface area contributed by atoms with Gasteiger partial charge in [0, 0.05) is 17.5 Å². The molecule has 1 aromatic carbocycles. The normalized spacial score (nSPS) is 11.6. The van der Waals surface area contributed by atoms with Crippen LogP contribution in [0.15, 0.2) is 24.3 Å². The van der Waals surface area contributed by atoms with Crippen LogP contribution in [0.4, 0.5) is 0 Å². The molecule has 0 amide bonds. The maximum Gasteiger partial charge on any atom is 0.0926 e. The van der Waals surface area contributed by atoms with Crippen LogP contribution >= 0.6 is 11.6 Å². The van der Waals surface area contributed by atoms with Gasteiger partial charge in [-0.1, -0.05) is 17.7 Å². The molecule has 1 aromatic heterocycles. The van der Waals surface area contributed by atoms with Crippen molar-refractivity contribution in [3.63, 3.8) is 0 Å². The molecule has 14 heavy (non-hydrogen) atoms. The summed E-state index contributed by atoms with van der Waals surface area (Å²) in [4.78, 5) is 0. The minimum Gasteiger partial charge on any atom is -0.267 e. The number of halogens is 1. The summed E-state index contributed by atoms with van der Waals surface area (Å²) in [7, 11) is 1.93. The number of hydrogen-bond donors (Lipinski definition) is 0. The Labute approximate surface area is 87.8 Å². The number of benzene rings is 1. The van der Waals surface area contributed by atoms with Crippen LogP contribution < -0.4 is 0 Å². The Morgan fingerprint density at radius 1 is 1.43 bits per heavy atom. The number of aryl methyl sites for hydroxylation is 1. The zero-order chi connectivity index (χ0) is 10.1. The van der Waals surface area contributed by atoms with Crippen LogP contribution in [-0.2, 0) is 7.05 Å². The molecule has 0 spiro atoms. The van der Waals surface area contributed by atoms with Crippen molar-refractivity contribution in [3.8, 4) is 0 Å². The highest BCUT2D eigenvalue weighted by molar-refractivity contribution is 6.31. The van der Waals surface area contributed by atoms with E-state index in [9.17, 15) is 0 Å². The van der Waals surface area contributed by atoms with Gasteiger partial charge in [0.1, 0.15) is 0 Å². The first-order valence-electron chi connectivity index (χ1n) is 4.47. The summed E-state index contributed by atoms with van der Waals surface area (Å²) in [6.45, 7) is 1.98. The van der Waals surface area contributed by atoms with Crippen LogP contribution in [0.5, 0.6) is 0 Å². The molecule has 0 saturated heterocycles. The maximum absolute atomic E-state index is 5.94. The Morgan fingerprint density at radius 2 is 2.21 bits per heavy atom. The molecule has 2 nitrogen and oxygen atoms in total. The smallest absolute Gasteiger partial charge is 0.0926 e. The first-order chi connectivity index (χ1) is 6.72. The van der Waals surface area contributed by atoms with Gasteiger partial charge in [-0.2, -0.15) is 5.10 Å². The molecule has 0 radical (unpaired) electrons. The molecule has 2 rings (SSSR count). The third kappa shape index (κ3) is 1.42. The van der Waals surface area contributed by atoms with Gasteiger partial charge in [0.15, 0.2) is 0 Å². The van der Waals surface area contributed by atoms with Gasteiger partial charge in [-0.05, 0) is 31.2 Å². The van der Waals surface area contributed by atoms with Crippen molar-refractivity contribution >= 4 is 28.6 Å². The monoisotopic (exact) mass is 206 g/mol. The Kier molecular flexibility index (Phi) is 2.30. The van der Waals surface area contributed by atoms with Gasteiger partial charge in [0.25, 0.3) is 0 Å². The summed E-state index contributed by atoms with van der Waals surface area (Å²) >= 11 is 5.94. The van der Waals surface area contributed by atoms with Gasteiger partial charge in [-0.25, -0.2) is 0 Å². The Balaban J connectivity index is 2.78. The van der Waals surface area contributed by atoms with E-state index in [4.69, 9.17) is 11.6 Å². The highest BCUT2D eigenvalue weighted by Gasteiger charge is 2.05. The molecule has 0 fully saturated rings. The topological polar surface area (TPSA) is 17.8 Å². The lowest BCUT2D eigenvalue weighted by atomic mass is 10.2. The van der Waals surface area contributed by atoms with Crippen molar-refractivity contribution in [3.05, 3.63) is 35.0 Å². The number of allylic oxidation sites excluding steroid dienone is 1. The largest absolute Gasteiger partial charge is 0.267 e. The predicted molar refractivity (Wildman–Crippen MR) is 60.4 cm³/mol. The van der Waals surface area contributed by atoms with Crippen LogP contribution in [0.25, 0.3) is 17.0 Å². The van der Waals surface area contributed by atoms with Crippen LogP contribution in [0.3, 0.4) is 0 Å². The Bertz CT molecular complexity index is 497. The second-order valence-electron chi connectivity index (χ2n) is 3.17. The molecule has 0 aliphatic carbocycles. The van der Waals surface area contributed by atoms with Gasteiger partial charge in [0.2, 0.25) is 0 Å². The molecular weight excluding hydrogens is 196 g/mol. The van der Waals surface area contributed by atoms with Crippen molar-refractivity contribution < 1.29 is 0 Å². The van der Waals surface area contributed by atoms with Crippen molar-refractivity contribution in [2.24, 2.45) is 7.05 Å². The van der Waals surface area contributed by atoms with Gasteiger partial charge < -0.3 is 0 Å². The number of rotatable bonds is 1. The Morgan fingerprint density at radius 3 is 2.93 bits per heavy atom. The molecule has 0 aliphatic heterocycles. The average Bonchev–Trinajstić information content (AvgIpc) is 2.44. The van der Waals surface area contributed by atoms with E-state index in [-0.39, 0.29) is 0 Å². The fourth-order valence-electron chi connectivity index (χ4n) is 1.55. The lowest BCUT2D eigenvalue weighted by Gasteiger charge is -1.93. The summed E-state index contributed by atoms with van der Waals surface area (Å²) in [5.41, 5.74) is 2.06. The van der Waals surface area contributed by atoms with E-state index < -0.39 is 0 Å². The van der Waals surface area contributed by atoms with E-state index >= 15 is 0 Å². The van der Waals surface area contributed by atoms with Gasteiger partial charge in [-0.3, -0.25) is 4.68 Å². The first-order valence-corrected chi connectivity index (χ1v) is 4.85. The third-order valence-electron chi connectivity index (χ3n) is 2.17. The maximum atomic E-state index is 5.94. The molecule has 1 heterocycles. The van der Waals surface area contributed by atoms with Gasteiger partial charge >= 0.3 is 0 Å². The molecule has 2 aromatic rings. The van der Waals surface area contributed by atoms with E-state index in [1.807, 2.05) is 49.0 Å². The zero-order valence-corrected chi connectivity index (χ0v) is 8.92. The van der Waals surface area contributed by atoms with Gasteiger partial charge in [0.05, 0.1) is 11.2 Å². The summed E-state index contributed by atoms with van der Waals surface area (Å²) < 4.78 is 1.86. The minimum absolute atomic E-state index is 0.747. The molecule has 0 atom stereocenters. The molecule has 0 bridgehead atoms. The van der Waals surface area contributed by atoms with Crippen LogP contribution in [-0.4, -0.2) is 9.78 Å². The van der Waals surface area contributed by atoms with Crippen LogP contribution in [0.1, 0.15) is 12.6 Å². The fraction of sp³-hybridized carbons (Fsp3) is 0.182. The van der Waals surface area contributed by atoms with E-state index in [1.54, 1.807) is 0 Å². The molecule has 0 unspecified atom stereocenters. The molecule has 72 valence electrons. The lowest BCUT2D eigenvalue weighted by molar-refractivity contribution is 0.793. The van der Waals surface area contributed by atoms with Crippen molar-refractivity contribution in [2.45, 2.75) is 6.92 Å². The number of aromatic nitrogens is 2. The third-order valence-corrected chi connectivity index (χ3v) is 2.40. The van der Waals surface area contributed by atoms with E-state index in [0.717, 1.165) is 21.6 Å². The van der Waals surface area contributed by atoms with Crippen molar-refractivity contribution in [1.29, 1.82) is 0 Å². The summed E-state index contributed by atoms with van der Waals surface area (Å²) in [6, 6.07) is 5.81. The highest BCUT2D eigenvalue weighted by atomic mass is 35.5. The lowest BCUT2D eigenvalue weighted by Crippen LogP contribution is -1.88. The highest BCUT2D eigenvalue weighted by Crippen LogP contribution is 2.22. The SMILES string of the molecule is CC=Cc1nn(C)c2ccc(Cl)cc12. The van der Waals surface area contributed by atoms with Crippen molar-refractivity contribution in [1.82, 2.24) is 9.78 Å². The number of hydrogen-bond acceptors (Lipinski definition) is 1. The van der Waals surface area contributed by atoms with Crippen LogP contribution in [0, 0.1) is 0 Å². The standard InChI is InChI=1S/C11H11ClN2/c1-3-4-10-9-7-8(12)5-6-11(9)14(2)13-10/h3-7H,1-2H3. The zero-order valence-electron chi connectivity index (χ0n) is 8.16. The quantitative estimate of drug-likeness (QED) is 0.701. The van der Waals surface area contributed by atoms with Gasteiger partial charge in [-0.15, -0.1) is 0 Å². The molecule has 0 saturated carbocycles. The van der Waals surface area contributed by atoms with E-state index in [1.165, 1.54) is 0 Å². The minimum atomic E-state index is 0.747. The predicted octanol–water partition coefficient (Wildman–Crippen LogP) is 3.26. The van der Waals surface area contributed by atoms with Crippen LogP contribution in [0.2, 0.25) is 5.02 Å². The number of nitrogens with zero attached hydrogens (tertiary/aromatic N) is 2. The molecule has 0 N–H and O–H groups in total. The van der Waals surface area contributed by atoms with E-state index in [0.29, 0.717) is 0 Å². The van der Waals surface area contributed by atoms with E-state index in [2.05, 4.69) is 5.10 Å². The Hall–Kier alpha value is -1.28. The molecular formula is C11H11ClN2. The average molecular weight is 207 g/mol. The molecule has 3 heteroatoms. The number of fused-ring (bicyclic) bond motifs is 1. The van der Waals surface area contributed by atoms with Crippen molar-refractivity contribution in [2.75, 3.05) is 0 Å². The summed E-state index contributed by atoms with van der Waals surface area (Å²) in [5, 5.41) is 6.23. The fourth-order valence-corrected chi connectivity index (χ4v) is 1.72. The summed E-state index contributed by atoms with van der Waals surface area (Å²) in [6.07, 6.45) is 3.96. The summed E-state index contributed by atoms with van der Waals surface area (Å²) in [5.74, 6) is 0. The molecule has 0 aliphatic rings. The first kappa shape index (κ1) is 9.28. The second kappa shape index (κ2) is 3.46.